The molecule has 10 rings (SSSR count). The third-order valence-electron chi connectivity index (χ3n) is 15.0. The highest BCUT2D eigenvalue weighted by atomic mass is 28.3. The number of methoxy groups -OCH3 is 1. The number of ether oxygens (including phenoxy) is 2. The smallest absolute Gasteiger partial charge is 0.264 e. The number of H-pyrrole nitrogens is 2. The van der Waals surface area contributed by atoms with Crippen LogP contribution in [0.4, 0.5) is 17.1 Å². The van der Waals surface area contributed by atoms with Gasteiger partial charge in [0.25, 0.3) is 5.91 Å². The SMILES string of the molecule is COc1ccc([Si](C)(C)[C@@H]2[C@@H](CC(=O)N3CCC[C@H]3CO)O[C@]3(C(=O)N(Cc4cccc(NC(=O)Cc5c[nH]c6ccccc56)c4)c4ccc(NC(=O)Cc5c[nH]c6ccccc56)cc43)[C@H]2C)cc1. The Balaban J connectivity index is 1.00. The Bertz CT molecular complexity index is 3090. The van der Waals surface area contributed by atoms with Gasteiger partial charge in [-0.25, -0.2) is 0 Å². The number of benzene rings is 5. The normalized spacial score (nSPS) is 21.1. The fourth-order valence-electron chi connectivity index (χ4n) is 11.6. The molecule has 13 nitrogen and oxygen atoms in total. The van der Waals surface area contributed by atoms with E-state index >= 15 is 4.79 Å². The number of likely N-dealkylation sites (tertiary alicyclic amines) is 1. The van der Waals surface area contributed by atoms with E-state index in [0.29, 0.717) is 29.2 Å². The molecule has 14 heteroatoms. The van der Waals surface area contributed by atoms with E-state index in [1.54, 1.807) is 16.9 Å². The lowest BCUT2D eigenvalue weighted by Gasteiger charge is -2.37. The van der Waals surface area contributed by atoms with Crippen molar-refractivity contribution in [3.63, 3.8) is 0 Å². The first-order valence-corrected chi connectivity index (χ1v) is 26.9. The highest BCUT2D eigenvalue weighted by Crippen LogP contribution is 2.60. The molecule has 0 saturated carbocycles. The lowest BCUT2D eigenvalue weighted by atomic mass is 9.82. The van der Waals surface area contributed by atoms with Crippen molar-refractivity contribution in [1.29, 1.82) is 0 Å². The second-order valence-electron chi connectivity index (χ2n) is 19.4. The third-order valence-corrected chi connectivity index (χ3v) is 19.4. The average molecular weight is 943 g/mol. The Morgan fingerprint density at radius 2 is 1.46 bits per heavy atom. The van der Waals surface area contributed by atoms with Crippen LogP contribution in [0.3, 0.4) is 0 Å². The summed E-state index contributed by atoms with van der Waals surface area (Å²) in [5.41, 5.74) is 5.12. The Morgan fingerprint density at radius 3 is 2.10 bits per heavy atom. The number of hydrogen-bond acceptors (Lipinski definition) is 7. The number of rotatable bonds is 14. The van der Waals surface area contributed by atoms with Crippen molar-refractivity contribution in [2.75, 3.05) is 35.8 Å². The Kier molecular flexibility index (Phi) is 12.3. The summed E-state index contributed by atoms with van der Waals surface area (Å²) in [5.74, 6) is -0.420. The predicted octanol–water partition coefficient (Wildman–Crippen LogP) is 8.16. The lowest BCUT2D eigenvalue weighted by molar-refractivity contribution is -0.150. The van der Waals surface area contributed by atoms with Gasteiger partial charge in [0.05, 0.1) is 65.4 Å². The van der Waals surface area contributed by atoms with Gasteiger partial charge < -0.3 is 45.0 Å². The molecule has 7 aromatic rings. The highest BCUT2D eigenvalue weighted by molar-refractivity contribution is 6.91. The molecular weight excluding hydrogens is 885 g/mol. The zero-order valence-electron chi connectivity index (χ0n) is 39.4. The van der Waals surface area contributed by atoms with Crippen LogP contribution in [0.15, 0.2) is 128 Å². The number of aliphatic hydroxyl groups excluding tert-OH is 1. The number of aliphatic hydroxyl groups is 1. The minimum Gasteiger partial charge on any atom is -0.497 e. The van der Waals surface area contributed by atoms with Crippen molar-refractivity contribution in [2.24, 2.45) is 5.92 Å². The Hall–Kier alpha value is -7.00. The second kappa shape index (κ2) is 18.5. The number of nitrogens with zero attached hydrogens (tertiary/aromatic N) is 2. The third kappa shape index (κ3) is 8.40. The number of fused-ring (bicyclic) bond motifs is 4. The maximum atomic E-state index is 15.8. The Labute approximate surface area is 402 Å². The molecule has 2 saturated heterocycles. The van der Waals surface area contributed by atoms with Crippen molar-refractivity contribution in [2.45, 2.75) is 82.0 Å². The van der Waals surface area contributed by atoms with E-state index in [9.17, 15) is 19.5 Å². The van der Waals surface area contributed by atoms with Gasteiger partial charge in [0, 0.05) is 63.6 Å². The number of carbonyl (C=O) groups excluding carboxylic acids is 4. The second-order valence-corrected chi connectivity index (χ2v) is 24.1. The molecule has 0 aliphatic carbocycles. The van der Waals surface area contributed by atoms with Gasteiger partial charge in [0.2, 0.25) is 17.7 Å². The summed E-state index contributed by atoms with van der Waals surface area (Å²) >= 11 is 0. The molecule has 5 N–H and O–H groups in total. The molecule has 5 aromatic carbocycles. The van der Waals surface area contributed by atoms with Gasteiger partial charge in [0.1, 0.15) is 5.75 Å². The summed E-state index contributed by atoms with van der Waals surface area (Å²) in [5, 5.41) is 19.5. The van der Waals surface area contributed by atoms with Crippen LogP contribution in [0, 0.1) is 5.92 Å². The molecule has 0 unspecified atom stereocenters. The number of anilines is 3. The minimum absolute atomic E-state index is 0.0454. The van der Waals surface area contributed by atoms with Crippen LogP contribution in [0.25, 0.3) is 21.8 Å². The van der Waals surface area contributed by atoms with E-state index in [4.69, 9.17) is 9.47 Å². The molecule has 1 spiro atoms. The number of aromatic nitrogens is 2. The number of aromatic amines is 2. The number of nitrogens with one attached hydrogen (secondary N) is 4. The van der Waals surface area contributed by atoms with Gasteiger partial charge in [-0.15, -0.1) is 0 Å². The molecule has 0 radical (unpaired) electrons. The van der Waals surface area contributed by atoms with E-state index in [1.807, 2.05) is 116 Å². The minimum atomic E-state index is -2.63. The first-order chi connectivity index (χ1) is 33.4. The van der Waals surface area contributed by atoms with Crippen LogP contribution in [-0.2, 0) is 48.9 Å². The summed E-state index contributed by atoms with van der Waals surface area (Å²) in [4.78, 5) is 67.5. The molecule has 5 atom stereocenters. The van der Waals surface area contributed by atoms with Crippen LogP contribution in [0.2, 0.25) is 18.6 Å². The van der Waals surface area contributed by atoms with Crippen LogP contribution in [0.5, 0.6) is 5.75 Å². The van der Waals surface area contributed by atoms with E-state index in [-0.39, 0.29) is 67.6 Å². The largest absolute Gasteiger partial charge is 0.497 e. The van der Waals surface area contributed by atoms with Crippen LogP contribution < -0.4 is 25.5 Å². The maximum absolute atomic E-state index is 15.8. The Morgan fingerprint density at radius 1 is 0.826 bits per heavy atom. The summed E-state index contributed by atoms with van der Waals surface area (Å²) in [6, 6.07) is 36.7. The van der Waals surface area contributed by atoms with E-state index in [0.717, 1.165) is 62.3 Å². The molecule has 0 bridgehead atoms. The monoisotopic (exact) mass is 942 g/mol. The topological polar surface area (TPSA) is 169 Å². The predicted molar refractivity (Wildman–Crippen MR) is 271 cm³/mol. The van der Waals surface area contributed by atoms with Crippen LogP contribution >= 0.6 is 0 Å². The van der Waals surface area contributed by atoms with E-state index in [2.05, 4.69) is 52.8 Å². The standard InChI is InChI=1S/C55H58N6O7Si/c1-34-53(69(3,4)42-21-19-41(67-2)20-22-42)49(29-52(65)60-24-10-13-40(60)33-62)68-55(34)45-28-39(59-51(64)27-37-31-57-47-17-8-6-15-44(37)47)18-23-48(45)61(54(55)66)32-35-11-9-12-38(25-35)58-50(63)26-36-30-56-46-16-7-5-14-43(36)46/h5-9,11-12,14-23,25,28,30-31,34,40,49,53,56-57,62H,10,13,24,26-27,29,32-33H2,1-4H3,(H,58,63)(H,59,64)/t34-,40-,49+,53-,55+/m0/s1. The number of hydrogen-bond donors (Lipinski definition) is 5. The first kappa shape index (κ1) is 45.8. The maximum Gasteiger partial charge on any atom is 0.264 e. The first-order valence-electron chi connectivity index (χ1n) is 23.9. The van der Waals surface area contributed by atoms with E-state index < -0.39 is 25.7 Å². The molecule has 4 amide bonds. The molecule has 69 heavy (non-hydrogen) atoms. The molecule has 3 aliphatic heterocycles. The lowest BCUT2D eigenvalue weighted by Crippen LogP contribution is -2.52. The van der Waals surface area contributed by atoms with Crippen molar-refractivity contribution >= 4 is 75.8 Å². The molecule has 5 heterocycles. The van der Waals surface area contributed by atoms with Gasteiger partial charge in [-0.1, -0.05) is 85.9 Å². The van der Waals surface area contributed by atoms with Crippen molar-refractivity contribution in [1.82, 2.24) is 14.9 Å². The number of amides is 4. The zero-order chi connectivity index (χ0) is 48.0. The number of para-hydroxylation sites is 2. The number of carbonyl (C=O) groups is 4. The molecule has 2 aromatic heterocycles. The van der Waals surface area contributed by atoms with Gasteiger partial charge in [0.15, 0.2) is 5.60 Å². The highest BCUT2D eigenvalue weighted by Gasteiger charge is 2.66. The molecule has 3 aliphatic rings. The van der Waals surface area contributed by atoms with Crippen LogP contribution in [-0.4, -0.2) is 84.1 Å². The van der Waals surface area contributed by atoms with Gasteiger partial charge in [-0.3, -0.25) is 19.2 Å². The summed E-state index contributed by atoms with van der Waals surface area (Å²) in [7, 11) is -0.989. The molecular formula is C55H58N6O7Si. The zero-order valence-corrected chi connectivity index (χ0v) is 40.4. The quantitative estimate of drug-likeness (QED) is 0.0686. The average Bonchev–Trinajstić information content (AvgIpc) is 4.18. The molecule has 354 valence electrons. The van der Waals surface area contributed by atoms with Gasteiger partial charge >= 0.3 is 0 Å². The van der Waals surface area contributed by atoms with E-state index in [1.165, 1.54) is 0 Å². The van der Waals surface area contributed by atoms with Crippen LogP contribution in [0.1, 0.15) is 48.4 Å². The fourth-order valence-corrected chi connectivity index (χ4v) is 15.6. The van der Waals surface area contributed by atoms with Gasteiger partial charge in [-0.05, 0) is 89.7 Å². The van der Waals surface area contributed by atoms with Crippen molar-refractivity contribution < 1.29 is 33.8 Å². The summed E-state index contributed by atoms with van der Waals surface area (Å²) in [6.45, 7) is 7.25. The summed E-state index contributed by atoms with van der Waals surface area (Å²) < 4.78 is 12.9. The fraction of sp³-hybridized carbons (Fsp3) is 0.309. The molecule has 2 fully saturated rings. The van der Waals surface area contributed by atoms with Crippen molar-refractivity contribution in [3.8, 4) is 5.75 Å². The summed E-state index contributed by atoms with van der Waals surface area (Å²) in [6.07, 6.45) is 4.98. The van der Waals surface area contributed by atoms with Crippen molar-refractivity contribution in [3.05, 3.63) is 150 Å². The van der Waals surface area contributed by atoms with Gasteiger partial charge in [-0.2, -0.15) is 0 Å².